The highest BCUT2D eigenvalue weighted by atomic mass is 79.9. The van der Waals surface area contributed by atoms with Crippen LogP contribution in [-0.4, -0.2) is 26.6 Å². The molecule has 0 amide bonds. The monoisotopic (exact) mass is 419 g/mol. The molecule has 0 aromatic heterocycles. The van der Waals surface area contributed by atoms with Gasteiger partial charge in [0.15, 0.2) is 0 Å². The molecule has 0 radical (unpaired) electrons. The van der Waals surface area contributed by atoms with Crippen LogP contribution in [-0.2, 0) is 14.8 Å². The van der Waals surface area contributed by atoms with Gasteiger partial charge in [-0.3, -0.25) is 4.72 Å². The Morgan fingerprint density at radius 3 is 2.61 bits per heavy atom. The molecule has 0 unspecified atom stereocenters. The van der Waals surface area contributed by atoms with Crippen LogP contribution < -0.4 is 4.72 Å². The fourth-order valence-corrected chi connectivity index (χ4v) is 3.71. The molecule has 0 atom stereocenters. The van der Waals surface area contributed by atoms with E-state index in [0.717, 1.165) is 0 Å². The van der Waals surface area contributed by atoms with E-state index in [4.69, 9.17) is 11.6 Å². The summed E-state index contributed by atoms with van der Waals surface area (Å²) in [5.41, 5.74) is 0.161. The summed E-state index contributed by atoms with van der Waals surface area (Å²) in [5, 5.41) is 9.90. The molecular weight excluding hydrogens is 410 g/mol. The quantitative estimate of drug-likeness (QED) is 0.740. The number of esters is 1. The van der Waals surface area contributed by atoms with Gasteiger partial charge in [-0.05, 0) is 36.4 Å². The average Bonchev–Trinajstić information content (AvgIpc) is 2.47. The minimum atomic E-state index is -4.07. The molecule has 2 N–H and O–H groups in total. The topological polar surface area (TPSA) is 92.7 Å². The third kappa shape index (κ3) is 4.15. The second-order valence-corrected chi connectivity index (χ2v) is 7.44. The van der Waals surface area contributed by atoms with E-state index in [1.54, 1.807) is 0 Å². The van der Waals surface area contributed by atoms with Crippen molar-refractivity contribution < 1.29 is 23.1 Å². The number of phenolic OH excluding ortho intramolecular Hbond substituents is 1. The van der Waals surface area contributed by atoms with Gasteiger partial charge in [0.05, 0.1) is 18.4 Å². The molecule has 0 aliphatic rings. The first kappa shape index (κ1) is 17.6. The van der Waals surface area contributed by atoms with E-state index in [-0.39, 0.29) is 21.2 Å². The third-order valence-electron chi connectivity index (χ3n) is 2.78. The van der Waals surface area contributed by atoms with Gasteiger partial charge >= 0.3 is 5.97 Å². The van der Waals surface area contributed by atoms with Gasteiger partial charge < -0.3 is 9.84 Å². The zero-order valence-corrected chi connectivity index (χ0v) is 14.9. The number of phenols is 1. The molecule has 0 heterocycles. The van der Waals surface area contributed by atoms with Gasteiger partial charge in [-0.2, -0.15) is 0 Å². The number of methoxy groups -OCH3 is 1. The minimum absolute atomic E-state index is 0.0669. The van der Waals surface area contributed by atoms with Crippen LogP contribution >= 0.6 is 27.5 Å². The molecule has 0 spiro atoms. The van der Waals surface area contributed by atoms with Crippen LogP contribution in [0, 0.1) is 0 Å². The molecule has 2 rings (SSSR count). The fraction of sp³-hybridized carbons (Fsp3) is 0.0714. The van der Waals surface area contributed by atoms with Gasteiger partial charge in [-0.1, -0.05) is 27.5 Å². The SMILES string of the molecule is COC(=O)c1cc(Cl)cc(NS(=O)(=O)c2cc(Br)ccc2O)c1. The van der Waals surface area contributed by atoms with Crippen molar-refractivity contribution in [3.63, 3.8) is 0 Å². The zero-order chi connectivity index (χ0) is 17.2. The summed E-state index contributed by atoms with van der Waals surface area (Å²) in [5.74, 6) is -1.06. The summed E-state index contributed by atoms with van der Waals surface area (Å²) in [7, 11) is -2.87. The molecule has 0 saturated heterocycles. The van der Waals surface area contributed by atoms with Crippen molar-refractivity contribution in [1.82, 2.24) is 0 Å². The number of hydrogen-bond donors (Lipinski definition) is 2. The zero-order valence-electron chi connectivity index (χ0n) is 11.7. The van der Waals surface area contributed by atoms with Gasteiger partial charge in [0.2, 0.25) is 0 Å². The van der Waals surface area contributed by atoms with Crippen LogP contribution in [0.15, 0.2) is 45.8 Å². The molecule has 0 fully saturated rings. The largest absolute Gasteiger partial charge is 0.507 e. The van der Waals surface area contributed by atoms with Gasteiger partial charge in [-0.25, -0.2) is 13.2 Å². The van der Waals surface area contributed by atoms with Gasteiger partial charge in [-0.15, -0.1) is 0 Å². The smallest absolute Gasteiger partial charge is 0.337 e. The van der Waals surface area contributed by atoms with E-state index in [0.29, 0.717) is 4.47 Å². The van der Waals surface area contributed by atoms with E-state index >= 15 is 0 Å². The summed E-state index contributed by atoms with van der Waals surface area (Å²) in [6.45, 7) is 0. The normalized spacial score (nSPS) is 11.1. The first-order chi connectivity index (χ1) is 10.7. The number of hydrogen-bond acceptors (Lipinski definition) is 5. The number of aromatic hydroxyl groups is 1. The Morgan fingerprint density at radius 1 is 1.26 bits per heavy atom. The van der Waals surface area contributed by atoms with Crippen molar-refractivity contribution in [3.05, 3.63) is 51.5 Å². The molecule has 0 aliphatic carbocycles. The van der Waals surface area contributed by atoms with Crippen LogP contribution in [0.5, 0.6) is 5.75 Å². The number of rotatable bonds is 4. The van der Waals surface area contributed by atoms with Crippen molar-refractivity contribution >= 4 is 49.2 Å². The lowest BCUT2D eigenvalue weighted by molar-refractivity contribution is 0.0600. The van der Waals surface area contributed by atoms with Crippen molar-refractivity contribution in [2.45, 2.75) is 4.90 Å². The Labute approximate surface area is 146 Å². The Kier molecular flexibility index (Phi) is 5.18. The minimum Gasteiger partial charge on any atom is -0.507 e. The number of halogens is 2. The molecule has 0 aliphatic heterocycles. The third-order valence-corrected chi connectivity index (χ3v) is 4.90. The van der Waals surface area contributed by atoms with E-state index in [9.17, 15) is 18.3 Å². The van der Waals surface area contributed by atoms with E-state index in [1.165, 1.54) is 43.5 Å². The summed E-state index contributed by atoms with van der Waals surface area (Å²) in [4.78, 5) is 11.2. The number of sulfonamides is 1. The molecule has 0 saturated carbocycles. The molecule has 0 bridgehead atoms. The molecular formula is C14H11BrClNO5S. The lowest BCUT2D eigenvalue weighted by Gasteiger charge is -2.11. The number of carbonyl (C=O) groups is 1. The van der Waals surface area contributed by atoms with Crippen LogP contribution in [0.2, 0.25) is 5.02 Å². The van der Waals surface area contributed by atoms with Gasteiger partial charge in [0.1, 0.15) is 10.6 Å². The number of carbonyl (C=O) groups excluding carboxylic acids is 1. The van der Waals surface area contributed by atoms with Gasteiger partial charge in [0, 0.05) is 9.50 Å². The lowest BCUT2D eigenvalue weighted by Crippen LogP contribution is -2.14. The van der Waals surface area contributed by atoms with Crippen molar-refractivity contribution in [2.75, 3.05) is 11.8 Å². The molecule has 122 valence electrons. The standard InChI is InChI=1S/C14H11BrClNO5S/c1-22-14(19)8-4-10(16)7-11(5-8)17-23(20,21)13-6-9(15)2-3-12(13)18/h2-7,17-18H,1H3. The van der Waals surface area contributed by atoms with Crippen molar-refractivity contribution in [3.8, 4) is 5.75 Å². The summed E-state index contributed by atoms with van der Waals surface area (Å²) in [6.07, 6.45) is 0. The predicted octanol–water partition coefficient (Wildman–Crippen LogP) is 3.40. The number of ether oxygens (including phenoxy) is 1. The van der Waals surface area contributed by atoms with Crippen LogP contribution in [0.25, 0.3) is 0 Å². The fourth-order valence-electron chi connectivity index (χ4n) is 1.80. The first-order valence-corrected chi connectivity index (χ1v) is 8.78. The number of benzene rings is 2. The summed E-state index contributed by atoms with van der Waals surface area (Å²) < 4.78 is 32.1. The highest BCUT2D eigenvalue weighted by Gasteiger charge is 2.20. The summed E-state index contributed by atoms with van der Waals surface area (Å²) >= 11 is 9.02. The molecule has 23 heavy (non-hydrogen) atoms. The Balaban J connectivity index is 2.43. The second kappa shape index (κ2) is 6.77. The van der Waals surface area contributed by atoms with Crippen LogP contribution in [0.3, 0.4) is 0 Å². The second-order valence-electron chi connectivity index (χ2n) is 4.44. The van der Waals surface area contributed by atoms with Crippen LogP contribution in [0.4, 0.5) is 5.69 Å². The predicted molar refractivity (Wildman–Crippen MR) is 89.4 cm³/mol. The van der Waals surface area contributed by atoms with E-state index < -0.39 is 21.7 Å². The maximum absolute atomic E-state index is 12.4. The Morgan fingerprint density at radius 2 is 1.96 bits per heavy atom. The highest BCUT2D eigenvalue weighted by Crippen LogP contribution is 2.29. The molecule has 9 heteroatoms. The lowest BCUT2D eigenvalue weighted by atomic mass is 10.2. The molecule has 2 aromatic carbocycles. The number of anilines is 1. The maximum Gasteiger partial charge on any atom is 0.337 e. The Hall–Kier alpha value is -1.77. The highest BCUT2D eigenvalue weighted by molar-refractivity contribution is 9.10. The van der Waals surface area contributed by atoms with E-state index in [2.05, 4.69) is 25.4 Å². The van der Waals surface area contributed by atoms with Gasteiger partial charge in [0.25, 0.3) is 10.0 Å². The van der Waals surface area contributed by atoms with Crippen LogP contribution in [0.1, 0.15) is 10.4 Å². The van der Waals surface area contributed by atoms with Crippen molar-refractivity contribution in [1.29, 1.82) is 0 Å². The van der Waals surface area contributed by atoms with Crippen molar-refractivity contribution in [2.24, 2.45) is 0 Å². The first-order valence-electron chi connectivity index (χ1n) is 6.13. The number of nitrogens with one attached hydrogen (secondary N) is 1. The summed E-state index contributed by atoms with van der Waals surface area (Å²) in [6, 6.07) is 7.97. The maximum atomic E-state index is 12.4. The Bertz CT molecular complexity index is 869. The molecule has 6 nitrogen and oxygen atoms in total. The molecule has 2 aromatic rings. The average molecular weight is 421 g/mol. The van der Waals surface area contributed by atoms with E-state index in [1.807, 2.05) is 0 Å².